The number of anilines is 1. The molecule has 138 valence electrons. The lowest BCUT2D eigenvalue weighted by Gasteiger charge is -2.11. The van der Waals surface area contributed by atoms with E-state index in [9.17, 15) is 14.4 Å². The fraction of sp³-hybridized carbons (Fsp3) is 0.190. The van der Waals surface area contributed by atoms with Gasteiger partial charge < -0.3 is 9.88 Å². The van der Waals surface area contributed by atoms with Crippen molar-refractivity contribution >= 4 is 11.6 Å². The van der Waals surface area contributed by atoms with Crippen LogP contribution in [0, 0.1) is 13.8 Å². The van der Waals surface area contributed by atoms with Gasteiger partial charge in [-0.15, -0.1) is 0 Å². The topological polar surface area (TPSA) is 73.1 Å². The number of hydrogen-bond acceptors (Lipinski definition) is 3. The van der Waals surface area contributed by atoms with Gasteiger partial charge in [-0.1, -0.05) is 48.0 Å². The first kappa shape index (κ1) is 18.4. The van der Waals surface area contributed by atoms with E-state index in [1.165, 1.54) is 17.0 Å². The minimum absolute atomic E-state index is 0.215. The van der Waals surface area contributed by atoms with Gasteiger partial charge in [0, 0.05) is 18.1 Å². The number of amides is 1. The number of carbonyl (C=O) groups excluding carboxylic acids is 1. The molecule has 3 rings (SSSR count). The summed E-state index contributed by atoms with van der Waals surface area (Å²) in [5.74, 6) is -0.357. The smallest absolute Gasteiger partial charge is 0.316 e. The zero-order valence-electron chi connectivity index (χ0n) is 15.3. The molecule has 0 radical (unpaired) electrons. The number of rotatable bonds is 5. The van der Waals surface area contributed by atoms with Crippen LogP contribution in [0.1, 0.15) is 16.7 Å². The highest BCUT2D eigenvalue weighted by atomic mass is 16.2. The Bertz CT molecular complexity index is 1080. The molecule has 0 saturated carbocycles. The molecule has 1 amide bonds. The van der Waals surface area contributed by atoms with Crippen LogP contribution in [0.3, 0.4) is 0 Å². The number of aromatic nitrogens is 2. The number of benzene rings is 2. The van der Waals surface area contributed by atoms with E-state index in [2.05, 4.69) is 5.32 Å². The average molecular weight is 363 g/mol. The Balaban J connectivity index is 1.75. The van der Waals surface area contributed by atoms with Crippen molar-refractivity contribution in [2.75, 3.05) is 5.32 Å². The maximum absolute atomic E-state index is 12.3. The van der Waals surface area contributed by atoms with E-state index in [1.807, 2.05) is 62.4 Å². The third kappa shape index (κ3) is 4.41. The molecule has 6 nitrogen and oxygen atoms in total. The van der Waals surface area contributed by atoms with E-state index in [0.717, 1.165) is 21.3 Å². The van der Waals surface area contributed by atoms with E-state index < -0.39 is 11.1 Å². The van der Waals surface area contributed by atoms with Crippen molar-refractivity contribution in [2.24, 2.45) is 0 Å². The number of aryl methyl sites for hydroxylation is 2. The third-order valence-electron chi connectivity index (χ3n) is 4.30. The van der Waals surface area contributed by atoms with Gasteiger partial charge in [-0.2, -0.15) is 0 Å². The van der Waals surface area contributed by atoms with Crippen molar-refractivity contribution in [3.05, 3.63) is 98.3 Å². The molecule has 0 fully saturated rings. The molecule has 0 spiro atoms. The lowest BCUT2D eigenvalue weighted by atomic mass is 10.1. The van der Waals surface area contributed by atoms with Gasteiger partial charge in [0.1, 0.15) is 6.54 Å². The number of carbonyl (C=O) groups is 1. The summed E-state index contributed by atoms with van der Waals surface area (Å²) in [6, 6.07) is 15.1. The van der Waals surface area contributed by atoms with Gasteiger partial charge >= 0.3 is 11.1 Å². The predicted molar refractivity (Wildman–Crippen MR) is 105 cm³/mol. The summed E-state index contributed by atoms with van der Waals surface area (Å²) in [6.07, 6.45) is 3.00. The molecule has 1 aromatic heterocycles. The highest BCUT2D eigenvalue weighted by Crippen LogP contribution is 2.15. The molecular formula is C21H21N3O3. The molecule has 6 heteroatoms. The molecule has 0 atom stereocenters. The Kier molecular flexibility index (Phi) is 5.35. The zero-order chi connectivity index (χ0) is 19.4. The van der Waals surface area contributed by atoms with Crippen LogP contribution in [0.2, 0.25) is 0 Å². The Morgan fingerprint density at radius 2 is 1.59 bits per heavy atom. The second-order valence-electron chi connectivity index (χ2n) is 6.52. The van der Waals surface area contributed by atoms with Crippen molar-refractivity contribution < 1.29 is 4.79 Å². The van der Waals surface area contributed by atoms with Crippen molar-refractivity contribution in [3.63, 3.8) is 0 Å². The molecule has 1 N–H and O–H groups in total. The third-order valence-corrected chi connectivity index (χ3v) is 4.30. The monoisotopic (exact) mass is 363 g/mol. The Hall–Kier alpha value is -3.41. The van der Waals surface area contributed by atoms with Crippen LogP contribution in [0.15, 0.2) is 70.5 Å². The molecule has 0 saturated heterocycles. The fourth-order valence-electron chi connectivity index (χ4n) is 2.87. The molecule has 0 aliphatic rings. The van der Waals surface area contributed by atoms with Gasteiger partial charge in [-0.25, -0.2) is 0 Å². The molecule has 0 unspecified atom stereocenters. The largest absolute Gasteiger partial charge is 0.324 e. The fourth-order valence-corrected chi connectivity index (χ4v) is 2.87. The van der Waals surface area contributed by atoms with Gasteiger partial charge in [0.15, 0.2) is 0 Å². The number of nitrogens with zero attached hydrogens (tertiary/aromatic N) is 2. The molecule has 1 heterocycles. The van der Waals surface area contributed by atoms with E-state index in [0.29, 0.717) is 12.2 Å². The molecular weight excluding hydrogens is 342 g/mol. The van der Waals surface area contributed by atoms with Crippen molar-refractivity contribution in [2.45, 2.75) is 26.9 Å². The molecule has 0 aliphatic heterocycles. The lowest BCUT2D eigenvalue weighted by Crippen LogP contribution is -2.42. The van der Waals surface area contributed by atoms with Crippen LogP contribution in [0.5, 0.6) is 0 Å². The quantitative estimate of drug-likeness (QED) is 0.707. The first-order valence-corrected chi connectivity index (χ1v) is 8.65. The molecule has 0 bridgehead atoms. The van der Waals surface area contributed by atoms with E-state index in [4.69, 9.17) is 0 Å². The van der Waals surface area contributed by atoms with Crippen LogP contribution in [0.4, 0.5) is 5.69 Å². The summed E-state index contributed by atoms with van der Waals surface area (Å²) in [5.41, 5.74) is 2.28. The van der Waals surface area contributed by atoms with E-state index >= 15 is 0 Å². The van der Waals surface area contributed by atoms with E-state index in [-0.39, 0.29) is 12.5 Å². The zero-order valence-corrected chi connectivity index (χ0v) is 15.3. The molecule has 2 aromatic carbocycles. The van der Waals surface area contributed by atoms with Crippen LogP contribution in [-0.2, 0) is 17.9 Å². The van der Waals surface area contributed by atoms with Crippen LogP contribution in [-0.4, -0.2) is 15.0 Å². The van der Waals surface area contributed by atoms with Crippen LogP contribution < -0.4 is 16.4 Å². The maximum Gasteiger partial charge on any atom is 0.316 e. The van der Waals surface area contributed by atoms with Crippen molar-refractivity contribution in [3.8, 4) is 0 Å². The van der Waals surface area contributed by atoms with Crippen molar-refractivity contribution in [1.29, 1.82) is 0 Å². The summed E-state index contributed by atoms with van der Waals surface area (Å²) in [4.78, 5) is 36.9. The first-order chi connectivity index (χ1) is 12.9. The van der Waals surface area contributed by atoms with Crippen molar-refractivity contribution in [1.82, 2.24) is 9.13 Å². The molecule has 0 aliphatic carbocycles. The summed E-state index contributed by atoms with van der Waals surface area (Å²) < 4.78 is 2.47. The predicted octanol–water partition coefficient (Wildman–Crippen LogP) is 2.31. The average Bonchev–Trinajstić information content (AvgIpc) is 2.65. The molecule has 27 heavy (non-hydrogen) atoms. The second-order valence-corrected chi connectivity index (χ2v) is 6.52. The van der Waals surface area contributed by atoms with Gasteiger partial charge in [0.2, 0.25) is 5.91 Å². The van der Waals surface area contributed by atoms with Gasteiger partial charge in [-0.3, -0.25) is 19.0 Å². The lowest BCUT2D eigenvalue weighted by molar-refractivity contribution is -0.116. The normalized spacial score (nSPS) is 10.6. The summed E-state index contributed by atoms with van der Waals surface area (Å²) >= 11 is 0. The first-order valence-electron chi connectivity index (χ1n) is 8.65. The standard InChI is InChI=1S/C21H21N3O3/c1-15-8-9-18(16(2)12-15)22-19(25)14-24-11-10-23(20(26)21(24)27)13-17-6-4-3-5-7-17/h3-12H,13-14H2,1-2H3,(H,22,25). The number of nitrogens with one attached hydrogen (secondary N) is 1. The maximum atomic E-state index is 12.3. The van der Waals surface area contributed by atoms with Gasteiger partial charge in [0.05, 0.1) is 6.54 Å². The van der Waals surface area contributed by atoms with Crippen LogP contribution >= 0.6 is 0 Å². The SMILES string of the molecule is Cc1ccc(NC(=O)Cn2ccn(Cc3ccccc3)c(=O)c2=O)c(C)c1. The summed E-state index contributed by atoms with van der Waals surface area (Å²) in [6.45, 7) is 3.97. The Morgan fingerprint density at radius 1 is 0.926 bits per heavy atom. The molecule has 3 aromatic rings. The van der Waals surface area contributed by atoms with Crippen LogP contribution in [0.25, 0.3) is 0 Å². The highest BCUT2D eigenvalue weighted by Gasteiger charge is 2.10. The minimum Gasteiger partial charge on any atom is -0.324 e. The van der Waals surface area contributed by atoms with Gasteiger partial charge in [0.25, 0.3) is 0 Å². The Labute approximate surface area is 156 Å². The summed E-state index contributed by atoms with van der Waals surface area (Å²) in [7, 11) is 0. The van der Waals surface area contributed by atoms with Gasteiger partial charge in [-0.05, 0) is 31.0 Å². The highest BCUT2D eigenvalue weighted by molar-refractivity contribution is 5.91. The minimum atomic E-state index is -0.718. The second kappa shape index (κ2) is 7.86. The Morgan fingerprint density at radius 3 is 2.30 bits per heavy atom. The number of hydrogen-bond donors (Lipinski definition) is 1. The summed E-state index contributed by atoms with van der Waals surface area (Å²) in [5, 5.41) is 2.78. The van der Waals surface area contributed by atoms with E-state index in [1.54, 1.807) is 0 Å².